The second-order valence-corrected chi connectivity index (χ2v) is 8.38. The van der Waals surface area contributed by atoms with Gasteiger partial charge in [0.2, 0.25) is 0 Å². The molecule has 0 unspecified atom stereocenters. The fourth-order valence-corrected chi connectivity index (χ4v) is 3.86. The molecule has 2 aromatic carbocycles. The predicted octanol–water partition coefficient (Wildman–Crippen LogP) is 7.01. The minimum absolute atomic E-state index is 0.311. The van der Waals surface area contributed by atoms with E-state index in [2.05, 4.69) is 4.85 Å². The van der Waals surface area contributed by atoms with Crippen molar-refractivity contribution in [2.45, 2.75) is 57.8 Å². The van der Waals surface area contributed by atoms with Crippen molar-refractivity contribution in [3.05, 3.63) is 58.9 Å². The fraction of sp³-hybridized carbons (Fsp3) is 0.483. The van der Waals surface area contributed by atoms with Crippen molar-refractivity contribution in [2.24, 2.45) is 0 Å². The average Bonchev–Trinajstić information content (AvgIpc) is 2.90. The molecule has 0 saturated carbocycles. The van der Waals surface area contributed by atoms with E-state index in [1.807, 2.05) is 30.3 Å². The third kappa shape index (κ3) is 9.54. The van der Waals surface area contributed by atoms with Crippen LogP contribution in [0.2, 0.25) is 0 Å². The van der Waals surface area contributed by atoms with Gasteiger partial charge < -0.3 is 24.1 Å². The van der Waals surface area contributed by atoms with Gasteiger partial charge in [-0.3, -0.25) is 0 Å². The van der Waals surface area contributed by atoms with Gasteiger partial charge in [-0.1, -0.05) is 57.1 Å². The molecule has 0 bridgehead atoms. The number of unbranched alkanes of at least 4 members (excludes halogenated alkanes) is 8. The van der Waals surface area contributed by atoms with Gasteiger partial charge in [-0.15, -0.1) is 0 Å². The van der Waals surface area contributed by atoms with Gasteiger partial charge in [-0.25, -0.2) is 4.85 Å². The van der Waals surface area contributed by atoms with Crippen LogP contribution in [-0.2, 0) is 0 Å². The molecule has 0 saturated heterocycles. The second-order valence-electron chi connectivity index (χ2n) is 8.38. The van der Waals surface area contributed by atoms with E-state index in [4.69, 9.17) is 30.6 Å². The first-order valence-corrected chi connectivity index (χ1v) is 12.4. The smallest absolute Gasteiger partial charge is 0.195 e. The average molecular weight is 482 g/mol. The second kappa shape index (κ2) is 16.5. The van der Waals surface area contributed by atoms with Gasteiger partial charge in [0, 0.05) is 6.61 Å². The Morgan fingerprint density at radius 1 is 0.743 bits per heavy atom. The Morgan fingerprint density at radius 3 is 1.91 bits per heavy atom. The van der Waals surface area contributed by atoms with Crippen LogP contribution in [0.25, 0.3) is 16.6 Å². The Hall–Kier alpha value is -3.17. The number of rotatable bonds is 17. The molecule has 6 heteroatoms. The molecule has 0 amide bonds. The van der Waals surface area contributed by atoms with Gasteiger partial charge in [0.05, 0.1) is 34.5 Å². The lowest BCUT2D eigenvalue weighted by molar-refractivity contribution is 0.281. The summed E-state index contributed by atoms with van der Waals surface area (Å²) in [6.45, 7) is 8.61. The number of methoxy groups -OCH3 is 3. The maximum absolute atomic E-state index is 8.80. The van der Waals surface area contributed by atoms with Crippen molar-refractivity contribution in [3.63, 3.8) is 0 Å². The number of hydrogen-bond acceptors (Lipinski definition) is 5. The van der Waals surface area contributed by atoms with Crippen LogP contribution in [0.4, 0.5) is 0 Å². The minimum Gasteiger partial charge on any atom is -0.493 e. The van der Waals surface area contributed by atoms with Crippen molar-refractivity contribution in [3.8, 4) is 23.0 Å². The van der Waals surface area contributed by atoms with Crippen LogP contribution in [0.3, 0.4) is 0 Å². The summed E-state index contributed by atoms with van der Waals surface area (Å²) in [5.74, 6) is 2.57. The van der Waals surface area contributed by atoms with Crippen molar-refractivity contribution < 1.29 is 24.1 Å². The Labute approximate surface area is 210 Å². The molecular formula is C29H39NO5. The van der Waals surface area contributed by atoms with Crippen LogP contribution < -0.4 is 18.9 Å². The lowest BCUT2D eigenvalue weighted by Crippen LogP contribution is -1.99. The summed E-state index contributed by atoms with van der Waals surface area (Å²) in [7, 11) is 4.79. The van der Waals surface area contributed by atoms with E-state index in [-0.39, 0.29) is 0 Å². The number of aliphatic hydroxyl groups is 1. The van der Waals surface area contributed by atoms with Crippen molar-refractivity contribution in [1.82, 2.24) is 0 Å². The van der Waals surface area contributed by atoms with E-state index in [0.717, 1.165) is 36.8 Å². The Balaban J connectivity index is 1.89. The molecule has 6 nitrogen and oxygen atoms in total. The van der Waals surface area contributed by atoms with E-state index >= 15 is 0 Å². The molecule has 0 radical (unpaired) electrons. The van der Waals surface area contributed by atoms with Crippen molar-refractivity contribution in [2.75, 3.05) is 34.5 Å². The molecule has 0 aliphatic carbocycles. The molecule has 0 fully saturated rings. The van der Waals surface area contributed by atoms with Gasteiger partial charge in [0.25, 0.3) is 0 Å². The number of hydrogen-bond donors (Lipinski definition) is 1. The Morgan fingerprint density at radius 2 is 1.31 bits per heavy atom. The number of nitrogens with zero attached hydrogens (tertiary/aromatic N) is 1. The highest BCUT2D eigenvalue weighted by atomic mass is 16.5. The summed E-state index contributed by atoms with van der Waals surface area (Å²) < 4.78 is 22.2. The SMILES string of the molecule is [C-]#[N+]C(=Cc1ccc(OCCCCCCCCCCCO)c(OC)c1)c1ccc(OC)c(OC)c1. The molecule has 190 valence electrons. The largest absolute Gasteiger partial charge is 0.493 e. The molecule has 0 aliphatic rings. The highest BCUT2D eigenvalue weighted by molar-refractivity contribution is 5.86. The van der Waals surface area contributed by atoms with Crippen LogP contribution >= 0.6 is 0 Å². The quantitative estimate of drug-likeness (QED) is 0.150. The maximum Gasteiger partial charge on any atom is 0.195 e. The first kappa shape index (κ1) is 28.1. The lowest BCUT2D eigenvalue weighted by atomic mass is 10.1. The maximum atomic E-state index is 8.80. The van der Waals surface area contributed by atoms with Gasteiger partial charge in [-0.2, -0.15) is 0 Å². The summed E-state index contributed by atoms with van der Waals surface area (Å²) in [5, 5.41) is 8.80. The van der Waals surface area contributed by atoms with Crippen LogP contribution in [-0.4, -0.2) is 39.6 Å². The van der Waals surface area contributed by atoms with E-state index in [1.165, 1.54) is 32.1 Å². The Bertz CT molecular complexity index is 964. The summed E-state index contributed by atoms with van der Waals surface area (Å²) in [6.07, 6.45) is 12.3. The molecule has 2 rings (SSSR count). The molecule has 0 heterocycles. The van der Waals surface area contributed by atoms with Gasteiger partial charge in [0.15, 0.2) is 28.7 Å². The van der Waals surface area contributed by atoms with E-state index < -0.39 is 0 Å². The number of benzene rings is 2. The highest BCUT2D eigenvalue weighted by Gasteiger charge is 2.10. The first-order valence-electron chi connectivity index (χ1n) is 12.4. The molecular weight excluding hydrogens is 442 g/mol. The zero-order valence-electron chi connectivity index (χ0n) is 21.3. The summed E-state index contributed by atoms with van der Waals surface area (Å²) in [5.41, 5.74) is 2.10. The molecule has 0 atom stereocenters. The summed E-state index contributed by atoms with van der Waals surface area (Å²) in [6, 6.07) is 11.2. The molecule has 0 aliphatic heterocycles. The predicted molar refractivity (Wildman–Crippen MR) is 141 cm³/mol. The molecule has 35 heavy (non-hydrogen) atoms. The first-order chi connectivity index (χ1) is 17.2. The van der Waals surface area contributed by atoms with E-state index in [9.17, 15) is 0 Å². The minimum atomic E-state index is 0.311. The molecule has 2 aromatic rings. The van der Waals surface area contributed by atoms with Crippen LogP contribution in [0, 0.1) is 6.57 Å². The normalized spacial score (nSPS) is 11.1. The topological polar surface area (TPSA) is 61.5 Å². The highest BCUT2D eigenvalue weighted by Crippen LogP contribution is 2.33. The lowest BCUT2D eigenvalue weighted by Gasteiger charge is -2.12. The number of aliphatic hydroxyl groups excluding tert-OH is 1. The van der Waals surface area contributed by atoms with Crippen LogP contribution in [0.1, 0.15) is 68.9 Å². The molecule has 1 N–H and O–H groups in total. The fourth-order valence-electron chi connectivity index (χ4n) is 3.86. The zero-order valence-corrected chi connectivity index (χ0v) is 21.3. The Kier molecular flexibility index (Phi) is 13.2. The van der Waals surface area contributed by atoms with E-state index in [0.29, 0.717) is 41.9 Å². The summed E-state index contributed by atoms with van der Waals surface area (Å²) in [4.78, 5) is 3.70. The number of ether oxygens (including phenoxy) is 4. The standard InChI is InChI=1S/C29H39NO5/c1-30-25(24-15-17-26(32-2)29(22-24)34-4)20-23-14-16-27(28(21-23)33-3)35-19-13-11-9-7-5-6-8-10-12-18-31/h14-17,20-22,31H,5-13,18-19H2,2-4H3. The van der Waals surface area contributed by atoms with Crippen molar-refractivity contribution in [1.29, 1.82) is 0 Å². The van der Waals surface area contributed by atoms with Gasteiger partial charge in [-0.05, 0) is 54.3 Å². The molecule has 0 aromatic heterocycles. The van der Waals surface area contributed by atoms with Crippen molar-refractivity contribution >= 4 is 11.8 Å². The van der Waals surface area contributed by atoms with Crippen LogP contribution in [0.5, 0.6) is 23.0 Å². The zero-order chi connectivity index (χ0) is 25.3. The van der Waals surface area contributed by atoms with Crippen LogP contribution in [0.15, 0.2) is 36.4 Å². The monoisotopic (exact) mass is 481 g/mol. The third-order valence-electron chi connectivity index (χ3n) is 5.85. The third-order valence-corrected chi connectivity index (χ3v) is 5.85. The van der Waals surface area contributed by atoms with E-state index in [1.54, 1.807) is 33.5 Å². The molecule has 0 spiro atoms. The summed E-state index contributed by atoms with van der Waals surface area (Å²) >= 11 is 0. The van der Waals surface area contributed by atoms with Gasteiger partial charge >= 0.3 is 0 Å². The van der Waals surface area contributed by atoms with Gasteiger partial charge in [0.1, 0.15) is 0 Å².